The molecule has 0 spiro atoms. The number of ether oxygens (including phenoxy) is 2. The summed E-state index contributed by atoms with van der Waals surface area (Å²) in [4.78, 5) is 15.6. The van der Waals surface area contributed by atoms with Crippen LogP contribution in [0.25, 0.3) is 0 Å². The van der Waals surface area contributed by atoms with Crippen molar-refractivity contribution in [3.8, 4) is 11.5 Å². The van der Waals surface area contributed by atoms with Gasteiger partial charge in [-0.1, -0.05) is 30.3 Å². The third kappa shape index (κ3) is 6.79. The zero-order chi connectivity index (χ0) is 35.1. The van der Waals surface area contributed by atoms with Crippen LogP contribution in [0.15, 0.2) is 42.4 Å². The van der Waals surface area contributed by atoms with Crippen molar-refractivity contribution in [1.29, 1.82) is 0 Å². The van der Waals surface area contributed by atoms with Gasteiger partial charge in [0.15, 0.2) is 17.3 Å². The van der Waals surface area contributed by atoms with Crippen LogP contribution >= 0.6 is 0 Å². The highest BCUT2D eigenvalue weighted by Gasteiger charge is 2.21. The predicted octanol–water partition coefficient (Wildman–Crippen LogP) is 2.48. The van der Waals surface area contributed by atoms with Gasteiger partial charge in [-0.15, -0.1) is 0 Å². The molecule has 1 aliphatic heterocycles. The molecule has 6 heteroatoms. The number of piperazine rings is 1. The molecule has 1 heterocycles. The van der Waals surface area contributed by atoms with Gasteiger partial charge in [0.05, 0.1) is 23.2 Å². The van der Waals surface area contributed by atoms with E-state index in [0.717, 1.165) is 29.2 Å². The maximum atomic E-state index is 13.1. The lowest BCUT2D eigenvalue weighted by atomic mass is 9.98. The van der Waals surface area contributed by atoms with Gasteiger partial charge in [-0.05, 0) is 42.5 Å². The van der Waals surface area contributed by atoms with Crippen molar-refractivity contribution < 1.29 is 39.9 Å². The van der Waals surface area contributed by atoms with Gasteiger partial charge in [0.2, 0.25) is 0 Å². The van der Waals surface area contributed by atoms with Crippen molar-refractivity contribution in [3.63, 3.8) is 0 Å². The number of nitrogens with zero attached hydrogens (tertiary/aromatic N) is 2. The number of hydrogen-bond donors (Lipinski definition) is 1. The Labute approximate surface area is 206 Å². The molecule has 1 saturated heterocycles. The van der Waals surface area contributed by atoms with Crippen molar-refractivity contribution in [2.24, 2.45) is 0 Å². The van der Waals surface area contributed by atoms with Gasteiger partial charge in [-0.3, -0.25) is 14.6 Å². The molecule has 1 N–H and O–H groups in total. The van der Waals surface area contributed by atoms with E-state index in [1.165, 1.54) is 12.1 Å². The Kier molecular flexibility index (Phi) is 3.81. The molecule has 2 aromatic rings. The third-order valence-electron chi connectivity index (χ3n) is 4.73. The van der Waals surface area contributed by atoms with E-state index in [4.69, 9.17) is 30.0 Å². The van der Waals surface area contributed by atoms with E-state index in [-0.39, 0.29) is 44.3 Å². The van der Waals surface area contributed by atoms with Crippen molar-refractivity contribution in [2.75, 3.05) is 52.8 Å². The summed E-state index contributed by atoms with van der Waals surface area (Å²) in [6.45, 7) is -12.7. The van der Waals surface area contributed by atoms with Gasteiger partial charge < -0.3 is 14.6 Å². The monoisotopic (exact) mass is 441 g/mol. The van der Waals surface area contributed by atoms with Crippen LogP contribution in [-0.4, -0.2) is 79.6 Å². The molecule has 31 heavy (non-hydrogen) atoms. The Morgan fingerprint density at radius 1 is 1.16 bits per heavy atom. The molecule has 3 rings (SSSR count). The number of ketones is 1. The smallest absolute Gasteiger partial charge is 0.161 e. The number of carbonyl (C=O) groups is 1. The number of para-hydroxylation sites is 2. The van der Waals surface area contributed by atoms with Crippen LogP contribution < -0.4 is 9.47 Å². The second-order valence-corrected chi connectivity index (χ2v) is 6.95. The summed E-state index contributed by atoms with van der Waals surface area (Å²) in [6, 6.07) is 6.72. The Hall–Kier alpha value is -2.41. The van der Waals surface area contributed by atoms with Crippen LogP contribution in [0.5, 0.6) is 11.5 Å². The Morgan fingerprint density at radius 2 is 1.84 bits per heavy atom. The molecule has 6 nitrogen and oxygen atoms in total. The summed E-state index contributed by atoms with van der Waals surface area (Å²) in [5.74, 6) is -1.45. The molecule has 168 valence electrons. The Balaban J connectivity index is 1.72. The molecule has 0 aromatic heterocycles. The van der Waals surface area contributed by atoms with E-state index in [1.54, 1.807) is 4.90 Å². The van der Waals surface area contributed by atoms with Crippen molar-refractivity contribution in [2.45, 2.75) is 26.2 Å². The molecular formula is C25H34N2O4. The number of β-amino-alcohol motifs (C(OH)–C–C–N with tert-alkyl or cyclic N) is 1. The lowest BCUT2D eigenvalue weighted by molar-refractivity contribution is -0.120. The first-order valence-corrected chi connectivity index (χ1v) is 9.59. The SMILES string of the molecule is [2H]c1cc(C([2H])([2H])[2H])c(CC(=O)CN2CCN(C([2H])([2H])C([2H])(O)C([2H])([2H])Oc3ccccc3OC([2H])([2H])[2H])CC2)c(C([2H])([2H])[2H])c1. The average Bonchev–Trinajstić information content (AvgIpc) is 2.88. The number of benzene rings is 2. The number of methoxy groups -OCH3 is 1. The molecule has 1 fully saturated rings. The predicted molar refractivity (Wildman–Crippen MR) is 122 cm³/mol. The highest BCUT2D eigenvalue weighted by Crippen LogP contribution is 2.25. The topological polar surface area (TPSA) is 62.2 Å². The first-order chi connectivity index (χ1) is 20.8. The number of aliphatic hydroxyl groups is 1. The summed E-state index contributed by atoms with van der Waals surface area (Å²) in [5.41, 5.74) is -1.02. The third-order valence-corrected chi connectivity index (χ3v) is 4.73. The van der Waals surface area contributed by atoms with E-state index in [2.05, 4.69) is 0 Å². The molecule has 0 radical (unpaired) electrons. The summed E-state index contributed by atoms with van der Waals surface area (Å²) < 4.78 is 128. The van der Waals surface area contributed by atoms with Crippen LogP contribution in [0.3, 0.4) is 0 Å². The first kappa shape index (κ1) is 10.5. The highest BCUT2D eigenvalue weighted by molar-refractivity contribution is 5.83. The molecule has 0 aliphatic carbocycles. The minimum Gasteiger partial charge on any atom is -0.493 e. The molecule has 1 aliphatic rings. The Bertz CT molecular complexity index is 1360. The largest absolute Gasteiger partial charge is 0.493 e. The van der Waals surface area contributed by atoms with Crippen molar-refractivity contribution >= 4 is 5.78 Å². The quantitative estimate of drug-likeness (QED) is 0.611. The Morgan fingerprint density at radius 3 is 2.52 bits per heavy atom. The van der Waals surface area contributed by atoms with Gasteiger partial charge in [0.1, 0.15) is 12.6 Å². The van der Waals surface area contributed by atoms with Gasteiger partial charge in [0, 0.05) is 50.1 Å². The van der Waals surface area contributed by atoms with Crippen LogP contribution in [0, 0.1) is 13.7 Å². The van der Waals surface area contributed by atoms with Gasteiger partial charge in [-0.25, -0.2) is 0 Å². The molecule has 2 aromatic carbocycles. The van der Waals surface area contributed by atoms with E-state index in [1.807, 2.05) is 0 Å². The van der Waals surface area contributed by atoms with E-state index < -0.39 is 74.7 Å². The highest BCUT2D eigenvalue weighted by atomic mass is 16.5. The van der Waals surface area contributed by atoms with Crippen LogP contribution in [0.1, 0.15) is 37.3 Å². The minimum atomic E-state index is -3.58. The fourth-order valence-electron chi connectivity index (χ4n) is 3.13. The van der Waals surface area contributed by atoms with Gasteiger partial charge in [-0.2, -0.15) is 0 Å². The number of carbonyl (C=O) groups excluding carboxylic acids is 1. The second-order valence-electron chi connectivity index (χ2n) is 6.95. The zero-order valence-electron chi connectivity index (χ0n) is 31.8. The average molecular weight is 442 g/mol. The first-order valence-electron chi connectivity index (χ1n) is 17.1. The van der Waals surface area contributed by atoms with E-state index in [0.29, 0.717) is 0 Å². The fraction of sp³-hybridized carbons (Fsp3) is 0.480. The molecular weight excluding hydrogens is 392 g/mol. The lowest BCUT2D eigenvalue weighted by Gasteiger charge is -2.35. The van der Waals surface area contributed by atoms with Crippen LogP contribution in [-0.2, 0) is 11.2 Å². The van der Waals surface area contributed by atoms with Gasteiger partial charge >= 0.3 is 0 Å². The number of Topliss-reactive ketones (excluding diaryl/α,β-unsaturated/α-hetero) is 1. The molecule has 0 saturated carbocycles. The molecule has 1 unspecified atom stereocenters. The van der Waals surface area contributed by atoms with E-state index in [9.17, 15) is 9.90 Å². The maximum absolute atomic E-state index is 13.1. The zero-order valence-corrected chi connectivity index (χ0v) is 16.8. The number of aryl methyl sites for hydroxylation is 2. The summed E-state index contributed by atoms with van der Waals surface area (Å²) in [6.07, 6.45) is -4.12. The van der Waals surface area contributed by atoms with Crippen molar-refractivity contribution in [3.05, 3.63) is 59.1 Å². The van der Waals surface area contributed by atoms with Crippen LogP contribution in [0.4, 0.5) is 0 Å². The van der Waals surface area contributed by atoms with E-state index >= 15 is 0 Å². The molecule has 0 amide bonds. The number of rotatable bonds is 10. The molecule has 0 bridgehead atoms. The fourth-order valence-corrected chi connectivity index (χ4v) is 3.13. The van der Waals surface area contributed by atoms with Crippen LogP contribution in [0.2, 0.25) is 0 Å². The normalized spacial score (nSPS) is 26.4. The standard InChI is InChI=1S/C25H34N2O4/c1-19-7-6-8-20(2)23(19)15-21(28)16-26-11-13-27(14-12-26)17-22(29)18-31-25-10-5-4-9-24(25)30-3/h4-10,22,29H,11-18H2,1-3H3/i1D3,2D3,3D3,6D,17D2,18D2,22D. The summed E-state index contributed by atoms with van der Waals surface area (Å²) in [7, 11) is -2.93. The second kappa shape index (κ2) is 11.3. The maximum Gasteiger partial charge on any atom is 0.161 e. The summed E-state index contributed by atoms with van der Waals surface area (Å²) >= 11 is 0. The summed E-state index contributed by atoms with van der Waals surface area (Å²) in [5, 5.41) is 10.9. The van der Waals surface area contributed by atoms with Crippen molar-refractivity contribution in [1.82, 2.24) is 9.80 Å². The molecule has 1 atom stereocenters. The number of hydrogen-bond acceptors (Lipinski definition) is 6. The minimum absolute atomic E-state index is 0.00432. The lowest BCUT2D eigenvalue weighted by Crippen LogP contribution is -2.50. The van der Waals surface area contributed by atoms with Gasteiger partial charge in [0.25, 0.3) is 0 Å².